The molecule has 4 aromatic rings. The van der Waals surface area contributed by atoms with E-state index in [1.807, 2.05) is 36.5 Å². The zero-order valence-electron chi connectivity index (χ0n) is 16.6. The highest BCUT2D eigenvalue weighted by atomic mass is 19.4. The van der Waals surface area contributed by atoms with Gasteiger partial charge in [-0.25, -0.2) is 0 Å². The van der Waals surface area contributed by atoms with Crippen LogP contribution < -0.4 is 10.1 Å². The second kappa shape index (κ2) is 8.93. The zero-order chi connectivity index (χ0) is 22.6. The first-order valence-corrected chi connectivity index (χ1v) is 9.56. The maximum atomic E-state index is 12.4. The molecule has 32 heavy (non-hydrogen) atoms. The minimum atomic E-state index is -4.77. The number of nitrogens with one attached hydrogen (secondary N) is 1. The highest BCUT2D eigenvalue weighted by Crippen LogP contribution is 2.24. The Hall–Kier alpha value is -4.14. The molecule has 0 fully saturated rings. The van der Waals surface area contributed by atoms with Gasteiger partial charge in [0.15, 0.2) is 0 Å². The lowest BCUT2D eigenvalue weighted by Crippen LogP contribution is -2.17. The lowest BCUT2D eigenvalue weighted by molar-refractivity contribution is -0.274. The van der Waals surface area contributed by atoms with Crippen LogP contribution in [0.15, 0.2) is 85.3 Å². The van der Waals surface area contributed by atoms with E-state index in [9.17, 15) is 18.0 Å². The Balaban J connectivity index is 1.39. The topological polar surface area (TPSA) is 69.0 Å². The summed E-state index contributed by atoms with van der Waals surface area (Å²) in [5.41, 5.74) is 3.24. The maximum Gasteiger partial charge on any atom is 0.573 e. The van der Waals surface area contributed by atoms with Crippen molar-refractivity contribution in [3.63, 3.8) is 0 Å². The summed E-state index contributed by atoms with van der Waals surface area (Å²) < 4.78 is 42.3. The fraction of sp³-hybridized carbons (Fsp3) is 0.0870. The number of halogens is 3. The Labute approximate surface area is 181 Å². The first kappa shape index (κ1) is 21.1. The minimum absolute atomic E-state index is 0.307. The molecule has 0 atom stereocenters. The molecule has 0 saturated heterocycles. The van der Waals surface area contributed by atoms with E-state index in [2.05, 4.69) is 20.1 Å². The fourth-order valence-electron chi connectivity index (χ4n) is 2.99. The lowest BCUT2D eigenvalue weighted by atomic mass is 10.2. The Morgan fingerprint density at radius 3 is 2.38 bits per heavy atom. The van der Waals surface area contributed by atoms with Crippen molar-refractivity contribution in [2.45, 2.75) is 12.9 Å². The van der Waals surface area contributed by atoms with Crippen molar-refractivity contribution in [3.8, 4) is 17.0 Å². The summed E-state index contributed by atoms with van der Waals surface area (Å²) >= 11 is 0. The normalized spacial score (nSPS) is 11.2. The Bertz CT molecular complexity index is 1190. The van der Waals surface area contributed by atoms with E-state index in [-0.39, 0.29) is 5.75 Å². The summed E-state index contributed by atoms with van der Waals surface area (Å²) in [6.07, 6.45) is 0.242. The number of carbonyl (C=O) groups excluding carboxylic acids is 1. The quantitative estimate of drug-likeness (QED) is 0.452. The molecular weight excluding hydrogens is 421 g/mol. The molecule has 4 rings (SSSR count). The van der Waals surface area contributed by atoms with Crippen LogP contribution in [0.3, 0.4) is 0 Å². The summed E-state index contributed by atoms with van der Waals surface area (Å²) in [5.74, 6) is -0.803. The second-order valence-electron chi connectivity index (χ2n) is 6.87. The molecule has 2 aromatic heterocycles. The Morgan fingerprint density at radius 1 is 0.969 bits per heavy atom. The van der Waals surface area contributed by atoms with E-state index in [1.54, 1.807) is 23.0 Å². The van der Waals surface area contributed by atoms with Crippen molar-refractivity contribution in [2.75, 3.05) is 5.32 Å². The third-order valence-electron chi connectivity index (χ3n) is 4.49. The van der Waals surface area contributed by atoms with Gasteiger partial charge in [-0.15, -0.1) is 13.2 Å². The highest BCUT2D eigenvalue weighted by Gasteiger charge is 2.30. The van der Waals surface area contributed by atoms with E-state index < -0.39 is 12.3 Å². The monoisotopic (exact) mass is 438 g/mol. The number of alkyl halides is 3. The van der Waals surface area contributed by atoms with Crippen molar-refractivity contribution in [3.05, 3.63) is 96.4 Å². The molecule has 2 heterocycles. The molecule has 0 aliphatic carbocycles. The van der Waals surface area contributed by atoms with Crippen molar-refractivity contribution in [1.29, 1.82) is 0 Å². The molecule has 0 radical (unpaired) electrons. The van der Waals surface area contributed by atoms with E-state index in [0.29, 0.717) is 23.5 Å². The van der Waals surface area contributed by atoms with E-state index >= 15 is 0 Å². The molecule has 0 spiro atoms. The smallest absolute Gasteiger partial charge is 0.406 e. The van der Waals surface area contributed by atoms with Crippen molar-refractivity contribution in [1.82, 2.24) is 14.8 Å². The number of nitrogens with zero attached hydrogens (tertiary/aromatic N) is 3. The fourth-order valence-corrected chi connectivity index (χ4v) is 2.99. The molecule has 6 nitrogen and oxygen atoms in total. The number of ether oxygens (including phenoxy) is 1. The summed E-state index contributed by atoms with van der Waals surface area (Å²) in [6, 6.07) is 18.1. The number of pyridine rings is 1. The van der Waals surface area contributed by atoms with Crippen LogP contribution in [0.25, 0.3) is 11.3 Å². The Kier molecular flexibility index (Phi) is 5.89. The largest absolute Gasteiger partial charge is 0.573 e. The minimum Gasteiger partial charge on any atom is -0.406 e. The van der Waals surface area contributed by atoms with Crippen molar-refractivity contribution in [2.24, 2.45) is 0 Å². The lowest BCUT2D eigenvalue weighted by Gasteiger charge is -2.10. The van der Waals surface area contributed by atoms with Gasteiger partial charge in [-0.05, 0) is 42.0 Å². The van der Waals surface area contributed by atoms with Gasteiger partial charge in [0.05, 0.1) is 24.0 Å². The summed E-state index contributed by atoms with van der Waals surface area (Å²) in [7, 11) is 0. The van der Waals surface area contributed by atoms with Gasteiger partial charge in [0, 0.05) is 23.6 Å². The van der Waals surface area contributed by atoms with Crippen LogP contribution in [-0.2, 0) is 6.54 Å². The molecule has 0 bridgehead atoms. The third-order valence-corrected chi connectivity index (χ3v) is 4.49. The molecule has 9 heteroatoms. The Morgan fingerprint density at radius 2 is 1.72 bits per heavy atom. The molecule has 0 saturated carbocycles. The van der Waals surface area contributed by atoms with Crippen molar-refractivity contribution < 1.29 is 22.7 Å². The van der Waals surface area contributed by atoms with E-state index in [1.165, 1.54) is 18.3 Å². The van der Waals surface area contributed by atoms with Crippen molar-refractivity contribution >= 4 is 11.6 Å². The van der Waals surface area contributed by atoms with Crippen LogP contribution in [0.4, 0.5) is 18.9 Å². The van der Waals surface area contributed by atoms with Gasteiger partial charge in [0.1, 0.15) is 5.75 Å². The van der Waals surface area contributed by atoms with Crippen LogP contribution in [0, 0.1) is 0 Å². The summed E-state index contributed by atoms with van der Waals surface area (Å²) in [5, 5.41) is 6.95. The highest BCUT2D eigenvalue weighted by molar-refractivity contribution is 6.04. The third kappa shape index (κ3) is 5.51. The van der Waals surface area contributed by atoms with Gasteiger partial charge in [-0.1, -0.05) is 30.3 Å². The standard InChI is InChI=1S/C23H17F3N4O2/c24-23(25,26)32-20-9-7-19(8-10-20)29-22(31)17-6-11-21(27-12-17)18-13-28-30(15-18)14-16-4-2-1-3-5-16/h1-13,15H,14H2,(H,29,31). The predicted molar refractivity (Wildman–Crippen MR) is 112 cm³/mol. The summed E-state index contributed by atoms with van der Waals surface area (Å²) in [4.78, 5) is 16.7. The molecule has 0 aliphatic heterocycles. The van der Waals surface area contributed by atoms with E-state index in [0.717, 1.165) is 23.3 Å². The molecule has 162 valence electrons. The second-order valence-corrected chi connectivity index (χ2v) is 6.87. The SMILES string of the molecule is O=C(Nc1ccc(OC(F)(F)F)cc1)c1ccc(-c2cnn(Cc3ccccc3)c2)nc1. The molecular formula is C23H17F3N4O2. The number of benzene rings is 2. The molecule has 1 N–H and O–H groups in total. The number of aromatic nitrogens is 3. The van der Waals surface area contributed by atoms with Crippen LogP contribution >= 0.6 is 0 Å². The van der Waals surface area contributed by atoms with Gasteiger partial charge >= 0.3 is 6.36 Å². The van der Waals surface area contributed by atoms with Gasteiger partial charge in [-0.3, -0.25) is 14.5 Å². The first-order chi connectivity index (χ1) is 15.4. The molecule has 0 unspecified atom stereocenters. The van der Waals surface area contributed by atoms with Gasteiger partial charge in [0.2, 0.25) is 0 Å². The van der Waals surface area contributed by atoms with Gasteiger partial charge < -0.3 is 10.1 Å². The number of amides is 1. The van der Waals surface area contributed by atoms with Crippen LogP contribution in [0.1, 0.15) is 15.9 Å². The number of anilines is 1. The average molecular weight is 438 g/mol. The predicted octanol–water partition coefficient (Wildman–Crippen LogP) is 5.14. The van der Waals surface area contributed by atoms with E-state index in [4.69, 9.17) is 0 Å². The molecule has 0 aliphatic rings. The van der Waals surface area contributed by atoms with Crippen LogP contribution in [0.5, 0.6) is 5.75 Å². The first-order valence-electron chi connectivity index (χ1n) is 9.56. The zero-order valence-corrected chi connectivity index (χ0v) is 16.6. The van der Waals surface area contributed by atoms with Crippen LogP contribution in [0.2, 0.25) is 0 Å². The van der Waals surface area contributed by atoms with Crippen LogP contribution in [-0.4, -0.2) is 27.0 Å². The average Bonchev–Trinajstić information content (AvgIpc) is 3.23. The van der Waals surface area contributed by atoms with Gasteiger partial charge in [-0.2, -0.15) is 5.10 Å². The number of hydrogen-bond acceptors (Lipinski definition) is 4. The molecule has 1 amide bonds. The number of rotatable bonds is 6. The summed E-state index contributed by atoms with van der Waals surface area (Å²) in [6.45, 7) is 0.633. The van der Waals surface area contributed by atoms with Gasteiger partial charge in [0.25, 0.3) is 5.91 Å². The maximum absolute atomic E-state index is 12.4. The number of hydrogen-bond donors (Lipinski definition) is 1. The number of carbonyl (C=O) groups is 1. The molecule has 2 aromatic carbocycles.